The lowest BCUT2D eigenvalue weighted by Gasteiger charge is -2.20. The SMILES string of the molecule is O=C1OC(C(=O)O)(C(=O)O)C(SCc2ccc(F)cc2)=C1O. The van der Waals surface area contributed by atoms with Gasteiger partial charge < -0.3 is 20.1 Å². The molecule has 0 saturated carbocycles. The first-order chi connectivity index (χ1) is 10.3. The molecule has 0 bridgehead atoms. The lowest BCUT2D eigenvalue weighted by Crippen LogP contribution is -2.48. The molecule has 3 N–H and O–H groups in total. The molecule has 9 heteroatoms. The summed E-state index contributed by atoms with van der Waals surface area (Å²) in [5.74, 6) is -6.81. The topological polar surface area (TPSA) is 121 Å². The highest BCUT2D eigenvalue weighted by molar-refractivity contribution is 8.02. The van der Waals surface area contributed by atoms with Gasteiger partial charge in [-0.25, -0.2) is 18.8 Å². The molecule has 22 heavy (non-hydrogen) atoms. The number of thioether (sulfide) groups is 1. The summed E-state index contributed by atoms with van der Waals surface area (Å²) in [6, 6.07) is 5.14. The molecule has 1 heterocycles. The third-order valence-electron chi connectivity index (χ3n) is 2.87. The van der Waals surface area contributed by atoms with Crippen molar-refractivity contribution >= 4 is 29.7 Å². The van der Waals surface area contributed by atoms with Crippen LogP contribution in [-0.4, -0.2) is 38.8 Å². The number of aliphatic hydroxyl groups excluding tert-OH is 1. The van der Waals surface area contributed by atoms with Crippen LogP contribution < -0.4 is 0 Å². The molecular weight excluding hydrogens is 319 g/mol. The van der Waals surface area contributed by atoms with E-state index in [1.807, 2.05) is 0 Å². The number of carbonyl (C=O) groups excluding carboxylic acids is 1. The van der Waals surface area contributed by atoms with E-state index in [0.717, 1.165) is 0 Å². The monoisotopic (exact) mass is 328 g/mol. The second-order valence-corrected chi connectivity index (χ2v) is 5.26. The van der Waals surface area contributed by atoms with Crippen LogP contribution in [0.15, 0.2) is 34.9 Å². The van der Waals surface area contributed by atoms with Crippen molar-refractivity contribution in [2.75, 3.05) is 0 Å². The molecule has 2 rings (SSSR count). The molecule has 0 saturated heterocycles. The Morgan fingerprint density at radius 1 is 1.18 bits per heavy atom. The number of carboxylic acid groups (broad SMARTS) is 2. The van der Waals surface area contributed by atoms with Gasteiger partial charge in [0.2, 0.25) is 5.76 Å². The quantitative estimate of drug-likeness (QED) is 0.546. The number of carboxylic acids is 2. The number of aliphatic carboxylic acids is 2. The van der Waals surface area contributed by atoms with E-state index < -0.39 is 40.0 Å². The van der Waals surface area contributed by atoms with Crippen LogP contribution >= 0.6 is 11.8 Å². The number of halogens is 1. The normalized spacial score (nSPS) is 16.5. The van der Waals surface area contributed by atoms with E-state index in [-0.39, 0.29) is 5.75 Å². The van der Waals surface area contributed by atoms with Gasteiger partial charge in [-0.3, -0.25) is 0 Å². The maximum atomic E-state index is 12.8. The molecule has 1 aliphatic rings. The minimum absolute atomic E-state index is 0.0125. The second kappa shape index (κ2) is 5.68. The van der Waals surface area contributed by atoms with Crippen molar-refractivity contribution in [1.29, 1.82) is 0 Å². The van der Waals surface area contributed by atoms with Crippen molar-refractivity contribution in [3.05, 3.63) is 46.3 Å². The minimum Gasteiger partial charge on any atom is -0.501 e. The van der Waals surface area contributed by atoms with Crippen LogP contribution in [0.25, 0.3) is 0 Å². The van der Waals surface area contributed by atoms with E-state index in [1.54, 1.807) is 0 Å². The Balaban J connectivity index is 2.32. The Morgan fingerprint density at radius 2 is 1.73 bits per heavy atom. The Labute approximate surface area is 127 Å². The number of carbonyl (C=O) groups is 3. The molecule has 0 spiro atoms. The Bertz CT molecular complexity index is 666. The molecule has 1 aromatic carbocycles. The van der Waals surface area contributed by atoms with E-state index in [0.29, 0.717) is 17.3 Å². The van der Waals surface area contributed by atoms with E-state index in [9.17, 15) is 23.9 Å². The fourth-order valence-electron chi connectivity index (χ4n) is 1.77. The fourth-order valence-corrected chi connectivity index (χ4v) is 2.92. The highest BCUT2D eigenvalue weighted by Crippen LogP contribution is 2.41. The lowest BCUT2D eigenvalue weighted by atomic mass is 10.1. The maximum absolute atomic E-state index is 12.8. The summed E-state index contributed by atoms with van der Waals surface area (Å²) in [5, 5.41) is 27.8. The van der Waals surface area contributed by atoms with Crippen molar-refractivity contribution in [2.24, 2.45) is 0 Å². The molecule has 1 aromatic rings. The van der Waals surface area contributed by atoms with Gasteiger partial charge >= 0.3 is 23.5 Å². The van der Waals surface area contributed by atoms with E-state index in [2.05, 4.69) is 4.74 Å². The smallest absolute Gasteiger partial charge is 0.376 e. The Morgan fingerprint density at radius 3 is 2.23 bits per heavy atom. The summed E-state index contributed by atoms with van der Waals surface area (Å²) in [6.07, 6.45) is 0. The molecule has 0 atom stereocenters. The van der Waals surface area contributed by atoms with Crippen LogP contribution in [0.4, 0.5) is 4.39 Å². The summed E-state index contributed by atoms with van der Waals surface area (Å²) in [6.45, 7) is 0. The average molecular weight is 328 g/mol. The largest absolute Gasteiger partial charge is 0.501 e. The summed E-state index contributed by atoms with van der Waals surface area (Å²) in [4.78, 5) is 33.2. The van der Waals surface area contributed by atoms with E-state index in [1.165, 1.54) is 24.3 Å². The number of cyclic esters (lactones) is 1. The highest BCUT2D eigenvalue weighted by atomic mass is 32.2. The Kier molecular flexibility index (Phi) is 4.09. The van der Waals surface area contributed by atoms with E-state index in [4.69, 9.17) is 10.2 Å². The number of aliphatic hydroxyl groups is 1. The lowest BCUT2D eigenvalue weighted by molar-refractivity contribution is -0.180. The zero-order valence-corrected chi connectivity index (χ0v) is 11.6. The van der Waals surface area contributed by atoms with Crippen molar-refractivity contribution in [2.45, 2.75) is 11.4 Å². The summed E-state index contributed by atoms with van der Waals surface area (Å²) < 4.78 is 17.2. The van der Waals surface area contributed by atoms with Crippen molar-refractivity contribution in [1.82, 2.24) is 0 Å². The number of ether oxygens (including phenoxy) is 1. The molecule has 0 unspecified atom stereocenters. The van der Waals surface area contributed by atoms with Gasteiger partial charge in [0, 0.05) is 5.75 Å². The fraction of sp³-hybridized carbons (Fsp3) is 0.154. The Hall–Kier alpha value is -2.55. The van der Waals surface area contributed by atoms with Crippen LogP contribution in [0.5, 0.6) is 0 Å². The summed E-state index contributed by atoms with van der Waals surface area (Å²) in [5.41, 5.74) is -2.43. The first kappa shape index (κ1) is 15.8. The van der Waals surface area contributed by atoms with Crippen molar-refractivity contribution in [3.63, 3.8) is 0 Å². The molecule has 116 valence electrons. The van der Waals surface area contributed by atoms with Crippen LogP contribution in [-0.2, 0) is 24.9 Å². The molecule has 0 aliphatic carbocycles. The van der Waals surface area contributed by atoms with Gasteiger partial charge in [0.05, 0.1) is 0 Å². The summed E-state index contributed by atoms with van der Waals surface area (Å²) >= 11 is 0.618. The number of hydrogen-bond acceptors (Lipinski definition) is 6. The van der Waals surface area contributed by atoms with Gasteiger partial charge in [0.1, 0.15) is 10.7 Å². The van der Waals surface area contributed by atoms with Crippen LogP contribution in [0.3, 0.4) is 0 Å². The highest BCUT2D eigenvalue weighted by Gasteiger charge is 2.61. The molecule has 0 amide bonds. The zero-order valence-electron chi connectivity index (χ0n) is 10.8. The molecule has 1 aliphatic heterocycles. The predicted octanol–water partition coefficient (Wildman–Crippen LogP) is 1.29. The van der Waals surface area contributed by atoms with Crippen LogP contribution in [0.2, 0.25) is 0 Å². The average Bonchev–Trinajstić information content (AvgIpc) is 2.72. The van der Waals surface area contributed by atoms with Gasteiger partial charge in [-0.1, -0.05) is 12.1 Å². The van der Waals surface area contributed by atoms with Crippen LogP contribution in [0.1, 0.15) is 5.56 Å². The molecular formula is C13H9FO7S. The first-order valence-electron chi connectivity index (χ1n) is 5.80. The standard InChI is InChI=1S/C13H9FO7S/c14-7-3-1-6(2-4-7)5-22-9-8(15)10(16)21-13(9,11(17)18)12(19)20/h1-4,15H,5H2,(H,17,18)(H,19,20). The van der Waals surface area contributed by atoms with Gasteiger partial charge in [-0.2, -0.15) is 0 Å². The minimum atomic E-state index is -2.97. The number of benzene rings is 1. The zero-order chi connectivity index (χ0) is 16.5. The van der Waals surface area contributed by atoms with Crippen molar-refractivity contribution in [3.8, 4) is 0 Å². The van der Waals surface area contributed by atoms with E-state index >= 15 is 0 Å². The second-order valence-electron chi connectivity index (χ2n) is 4.27. The number of rotatable bonds is 5. The van der Waals surface area contributed by atoms with Crippen LogP contribution in [0, 0.1) is 5.82 Å². The predicted molar refractivity (Wildman–Crippen MR) is 71.4 cm³/mol. The van der Waals surface area contributed by atoms with Gasteiger partial charge in [-0.15, -0.1) is 11.8 Å². The first-order valence-corrected chi connectivity index (χ1v) is 6.78. The van der Waals surface area contributed by atoms with Crippen molar-refractivity contribution < 1.29 is 38.8 Å². The summed E-state index contributed by atoms with van der Waals surface area (Å²) in [7, 11) is 0. The van der Waals surface area contributed by atoms with Gasteiger partial charge in [0.25, 0.3) is 0 Å². The van der Waals surface area contributed by atoms with Gasteiger partial charge in [-0.05, 0) is 17.7 Å². The molecule has 0 fully saturated rings. The molecule has 0 aromatic heterocycles. The maximum Gasteiger partial charge on any atom is 0.376 e. The molecule has 7 nitrogen and oxygen atoms in total. The number of esters is 1. The third kappa shape index (κ3) is 2.50. The third-order valence-corrected chi connectivity index (χ3v) is 4.12. The molecule has 0 radical (unpaired) electrons. The van der Waals surface area contributed by atoms with Gasteiger partial charge in [0.15, 0.2) is 0 Å². The number of hydrogen-bond donors (Lipinski definition) is 3.